The molecule has 0 aliphatic heterocycles. The standard InChI is InChI=1S/C15H29N3O/c1-5-7-18(8-6-2)12-15-9-14(17-19-15)11-16-10-13(3)4/h9,13,16H,5-8,10-12H2,1-4H3. The molecule has 0 fully saturated rings. The Bertz CT molecular complexity index is 330. The fourth-order valence-electron chi connectivity index (χ4n) is 2.13. The predicted octanol–water partition coefficient (Wildman–Crippen LogP) is 3.04. The third-order valence-electron chi connectivity index (χ3n) is 2.93. The summed E-state index contributed by atoms with van der Waals surface area (Å²) < 4.78 is 5.41. The van der Waals surface area contributed by atoms with Gasteiger partial charge < -0.3 is 9.84 Å². The van der Waals surface area contributed by atoms with Crippen molar-refractivity contribution in [2.24, 2.45) is 5.92 Å². The van der Waals surface area contributed by atoms with Gasteiger partial charge in [0.05, 0.1) is 12.2 Å². The topological polar surface area (TPSA) is 41.3 Å². The minimum Gasteiger partial charge on any atom is -0.360 e. The second-order valence-electron chi connectivity index (χ2n) is 5.59. The highest BCUT2D eigenvalue weighted by atomic mass is 16.5. The minimum atomic E-state index is 0.663. The molecule has 1 rings (SSSR count). The van der Waals surface area contributed by atoms with E-state index < -0.39 is 0 Å². The third kappa shape index (κ3) is 6.73. The summed E-state index contributed by atoms with van der Waals surface area (Å²) in [5, 5.41) is 7.50. The van der Waals surface area contributed by atoms with E-state index in [0.29, 0.717) is 5.92 Å². The van der Waals surface area contributed by atoms with Crippen LogP contribution >= 0.6 is 0 Å². The molecule has 0 saturated carbocycles. The molecule has 0 aliphatic carbocycles. The predicted molar refractivity (Wildman–Crippen MR) is 78.9 cm³/mol. The van der Waals surface area contributed by atoms with Crippen LogP contribution in [-0.4, -0.2) is 29.7 Å². The Balaban J connectivity index is 2.39. The molecular weight excluding hydrogens is 238 g/mol. The normalized spacial score (nSPS) is 11.7. The van der Waals surface area contributed by atoms with Crippen molar-refractivity contribution < 1.29 is 4.52 Å². The van der Waals surface area contributed by atoms with E-state index >= 15 is 0 Å². The molecule has 0 bridgehead atoms. The van der Waals surface area contributed by atoms with Crippen LogP contribution in [0.15, 0.2) is 10.6 Å². The molecule has 110 valence electrons. The lowest BCUT2D eigenvalue weighted by Crippen LogP contribution is -2.24. The van der Waals surface area contributed by atoms with Crippen LogP contribution < -0.4 is 5.32 Å². The van der Waals surface area contributed by atoms with Gasteiger partial charge in [-0.1, -0.05) is 32.9 Å². The van der Waals surface area contributed by atoms with Gasteiger partial charge in [-0.2, -0.15) is 0 Å². The maximum Gasteiger partial charge on any atom is 0.151 e. The molecule has 4 heteroatoms. The zero-order valence-electron chi connectivity index (χ0n) is 12.9. The van der Waals surface area contributed by atoms with Gasteiger partial charge in [0.15, 0.2) is 5.76 Å². The first-order chi connectivity index (χ1) is 9.15. The monoisotopic (exact) mass is 267 g/mol. The first-order valence-electron chi connectivity index (χ1n) is 7.53. The molecule has 0 amide bonds. The number of nitrogens with one attached hydrogen (secondary N) is 1. The first-order valence-corrected chi connectivity index (χ1v) is 7.53. The SMILES string of the molecule is CCCN(CCC)Cc1cc(CNCC(C)C)no1. The minimum absolute atomic E-state index is 0.663. The van der Waals surface area contributed by atoms with E-state index in [2.05, 4.69) is 49.1 Å². The van der Waals surface area contributed by atoms with Crippen LogP contribution in [0.25, 0.3) is 0 Å². The van der Waals surface area contributed by atoms with Crippen molar-refractivity contribution in [1.82, 2.24) is 15.4 Å². The molecule has 1 heterocycles. The maximum absolute atomic E-state index is 5.41. The van der Waals surface area contributed by atoms with Crippen LogP contribution in [0.2, 0.25) is 0 Å². The molecule has 19 heavy (non-hydrogen) atoms. The van der Waals surface area contributed by atoms with Crippen molar-refractivity contribution in [3.05, 3.63) is 17.5 Å². The Kier molecular flexibility index (Phi) is 7.75. The highest BCUT2D eigenvalue weighted by Crippen LogP contribution is 2.08. The number of hydrogen-bond acceptors (Lipinski definition) is 4. The van der Waals surface area contributed by atoms with E-state index in [-0.39, 0.29) is 0 Å². The molecular formula is C15H29N3O. The Morgan fingerprint density at radius 3 is 2.53 bits per heavy atom. The van der Waals surface area contributed by atoms with E-state index in [9.17, 15) is 0 Å². The second-order valence-corrected chi connectivity index (χ2v) is 5.59. The molecule has 0 saturated heterocycles. The fourth-order valence-corrected chi connectivity index (χ4v) is 2.13. The zero-order valence-corrected chi connectivity index (χ0v) is 12.9. The van der Waals surface area contributed by atoms with Crippen molar-refractivity contribution in [2.75, 3.05) is 19.6 Å². The summed E-state index contributed by atoms with van der Waals surface area (Å²) in [5.74, 6) is 1.64. The van der Waals surface area contributed by atoms with Gasteiger partial charge in [0.1, 0.15) is 0 Å². The van der Waals surface area contributed by atoms with E-state index in [1.165, 1.54) is 12.8 Å². The van der Waals surface area contributed by atoms with Gasteiger partial charge in [-0.25, -0.2) is 0 Å². The summed E-state index contributed by atoms with van der Waals surface area (Å²) in [4.78, 5) is 2.42. The fraction of sp³-hybridized carbons (Fsp3) is 0.800. The maximum atomic E-state index is 5.41. The molecule has 1 aromatic heterocycles. The van der Waals surface area contributed by atoms with E-state index in [0.717, 1.165) is 44.2 Å². The summed E-state index contributed by atoms with van der Waals surface area (Å²) in [6, 6.07) is 2.08. The van der Waals surface area contributed by atoms with Gasteiger partial charge in [-0.15, -0.1) is 0 Å². The molecule has 0 atom stereocenters. The Hall–Kier alpha value is -0.870. The number of aromatic nitrogens is 1. The van der Waals surface area contributed by atoms with Gasteiger partial charge in [0, 0.05) is 12.6 Å². The molecule has 1 N–H and O–H groups in total. The van der Waals surface area contributed by atoms with Crippen molar-refractivity contribution in [3.63, 3.8) is 0 Å². The lowest BCUT2D eigenvalue weighted by Gasteiger charge is -2.18. The Labute approximate surface area is 117 Å². The summed E-state index contributed by atoms with van der Waals surface area (Å²) in [5.41, 5.74) is 1.00. The van der Waals surface area contributed by atoms with E-state index in [1.54, 1.807) is 0 Å². The highest BCUT2D eigenvalue weighted by molar-refractivity contribution is 5.05. The van der Waals surface area contributed by atoms with Crippen molar-refractivity contribution in [3.8, 4) is 0 Å². The van der Waals surface area contributed by atoms with Gasteiger partial charge in [-0.3, -0.25) is 4.90 Å². The van der Waals surface area contributed by atoms with Crippen molar-refractivity contribution >= 4 is 0 Å². The number of hydrogen-bond donors (Lipinski definition) is 1. The van der Waals surface area contributed by atoms with Gasteiger partial charge in [-0.05, 0) is 38.4 Å². The first kappa shape index (κ1) is 16.2. The summed E-state index contributed by atoms with van der Waals surface area (Å²) in [6.07, 6.45) is 2.36. The van der Waals surface area contributed by atoms with Crippen LogP contribution in [0.5, 0.6) is 0 Å². The van der Waals surface area contributed by atoms with E-state index in [4.69, 9.17) is 4.52 Å². The van der Waals surface area contributed by atoms with Crippen LogP contribution in [0.4, 0.5) is 0 Å². The number of rotatable bonds is 10. The van der Waals surface area contributed by atoms with Gasteiger partial charge in [0.25, 0.3) is 0 Å². The largest absolute Gasteiger partial charge is 0.360 e. The van der Waals surface area contributed by atoms with Crippen LogP contribution in [0, 0.1) is 5.92 Å². The summed E-state index contributed by atoms with van der Waals surface area (Å²) in [6.45, 7) is 13.8. The molecule has 0 aromatic carbocycles. The Morgan fingerprint density at radius 2 is 1.95 bits per heavy atom. The zero-order chi connectivity index (χ0) is 14.1. The lowest BCUT2D eigenvalue weighted by molar-refractivity contribution is 0.231. The van der Waals surface area contributed by atoms with Crippen molar-refractivity contribution in [1.29, 1.82) is 0 Å². The average molecular weight is 267 g/mol. The van der Waals surface area contributed by atoms with Crippen LogP contribution in [0.3, 0.4) is 0 Å². The molecule has 0 unspecified atom stereocenters. The summed E-state index contributed by atoms with van der Waals surface area (Å²) in [7, 11) is 0. The van der Waals surface area contributed by atoms with Gasteiger partial charge in [0.2, 0.25) is 0 Å². The molecule has 0 radical (unpaired) electrons. The summed E-state index contributed by atoms with van der Waals surface area (Å²) >= 11 is 0. The molecule has 0 spiro atoms. The lowest BCUT2D eigenvalue weighted by atomic mass is 10.2. The van der Waals surface area contributed by atoms with Crippen molar-refractivity contribution in [2.45, 2.75) is 53.6 Å². The quantitative estimate of drug-likeness (QED) is 0.707. The molecule has 4 nitrogen and oxygen atoms in total. The highest BCUT2D eigenvalue weighted by Gasteiger charge is 2.09. The molecule has 0 aliphatic rings. The van der Waals surface area contributed by atoms with E-state index in [1.807, 2.05) is 0 Å². The smallest absolute Gasteiger partial charge is 0.151 e. The Morgan fingerprint density at radius 1 is 1.26 bits per heavy atom. The number of nitrogens with zero attached hydrogens (tertiary/aromatic N) is 2. The molecule has 1 aromatic rings. The van der Waals surface area contributed by atoms with Crippen LogP contribution in [-0.2, 0) is 13.1 Å². The van der Waals surface area contributed by atoms with Gasteiger partial charge >= 0.3 is 0 Å². The average Bonchev–Trinajstić information content (AvgIpc) is 2.77. The third-order valence-corrected chi connectivity index (χ3v) is 2.93. The van der Waals surface area contributed by atoms with Crippen LogP contribution in [0.1, 0.15) is 52.0 Å². The second kappa shape index (κ2) is 9.10.